The highest BCUT2D eigenvalue weighted by molar-refractivity contribution is 6.42. The summed E-state index contributed by atoms with van der Waals surface area (Å²) in [6.45, 7) is -0.0894. The molecule has 1 aromatic rings. The molecular formula is C19H19Cl2NO4. The van der Waals surface area contributed by atoms with Crippen molar-refractivity contribution in [3.63, 3.8) is 0 Å². The highest BCUT2D eigenvalue weighted by atomic mass is 35.5. The number of fused-ring (bicyclic) bond motifs is 1. The summed E-state index contributed by atoms with van der Waals surface area (Å²) in [6, 6.07) is 4.47. The van der Waals surface area contributed by atoms with Crippen molar-refractivity contribution in [1.29, 1.82) is 0 Å². The standard InChI is InChI=1S/C19H19Cl2NO4/c20-12-6-5-10(9-13(12)21)16-15-17(24)11-3-1-2-4-14(11)26-18(15)19(25)22(16)7-8-23/h5-6,9,11,14,16,23H,1-4,7-8H2. The lowest BCUT2D eigenvalue weighted by molar-refractivity contribution is -0.135. The average molecular weight is 396 g/mol. The van der Waals surface area contributed by atoms with E-state index in [0.717, 1.165) is 25.7 Å². The molecular weight excluding hydrogens is 377 g/mol. The van der Waals surface area contributed by atoms with Gasteiger partial charge in [0.05, 0.1) is 34.2 Å². The van der Waals surface area contributed by atoms with Crippen LogP contribution in [0.5, 0.6) is 0 Å². The number of carbonyl (C=O) groups excluding carboxylic acids is 2. The van der Waals surface area contributed by atoms with Crippen LogP contribution in [0.15, 0.2) is 29.5 Å². The van der Waals surface area contributed by atoms with Crippen LogP contribution >= 0.6 is 23.2 Å². The van der Waals surface area contributed by atoms with Gasteiger partial charge in [-0.15, -0.1) is 0 Å². The minimum absolute atomic E-state index is 0.0131. The van der Waals surface area contributed by atoms with Crippen molar-refractivity contribution in [2.75, 3.05) is 13.2 Å². The second-order valence-corrected chi connectivity index (χ2v) is 7.77. The molecule has 1 amide bonds. The fourth-order valence-electron chi connectivity index (χ4n) is 4.26. The fourth-order valence-corrected chi connectivity index (χ4v) is 4.57. The monoisotopic (exact) mass is 395 g/mol. The van der Waals surface area contributed by atoms with Crippen LogP contribution in [-0.4, -0.2) is 41.0 Å². The van der Waals surface area contributed by atoms with Gasteiger partial charge in [-0.1, -0.05) is 35.7 Å². The van der Waals surface area contributed by atoms with Gasteiger partial charge in [0.25, 0.3) is 5.91 Å². The number of hydrogen-bond acceptors (Lipinski definition) is 4. The SMILES string of the molecule is O=C1C2=C(OC3CCCCC13)C(=O)N(CCO)C2c1ccc(Cl)c(Cl)c1. The van der Waals surface area contributed by atoms with Gasteiger partial charge in [-0.2, -0.15) is 0 Å². The molecule has 0 aromatic heterocycles. The predicted octanol–water partition coefficient (Wildman–Crippen LogP) is 3.28. The Balaban J connectivity index is 1.81. The maximum atomic E-state index is 13.2. The van der Waals surface area contributed by atoms with Gasteiger partial charge in [-0.3, -0.25) is 9.59 Å². The molecule has 26 heavy (non-hydrogen) atoms. The first-order valence-corrected chi connectivity index (χ1v) is 9.60. The van der Waals surface area contributed by atoms with Crippen LogP contribution in [0.3, 0.4) is 0 Å². The molecule has 4 rings (SSSR count). The van der Waals surface area contributed by atoms with Crippen molar-refractivity contribution in [1.82, 2.24) is 4.90 Å². The Morgan fingerprint density at radius 1 is 1.15 bits per heavy atom. The minimum atomic E-state index is -0.602. The van der Waals surface area contributed by atoms with E-state index in [1.54, 1.807) is 18.2 Å². The number of β-amino-alcohol motifs (C(OH)–C–C–N with tert-alkyl or cyclic N) is 1. The molecule has 1 N–H and O–H groups in total. The number of halogens is 2. The molecule has 2 heterocycles. The van der Waals surface area contributed by atoms with Gasteiger partial charge in [0, 0.05) is 6.54 Å². The average Bonchev–Trinajstić information content (AvgIpc) is 2.91. The van der Waals surface area contributed by atoms with E-state index in [4.69, 9.17) is 27.9 Å². The Morgan fingerprint density at radius 2 is 1.92 bits per heavy atom. The van der Waals surface area contributed by atoms with Gasteiger partial charge in [-0.25, -0.2) is 0 Å². The molecule has 138 valence electrons. The molecule has 1 aromatic carbocycles. The molecule has 1 saturated carbocycles. The van der Waals surface area contributed by atoms with E-state index >= 15 is 0 Å². The fraction of sp³-hybridized carbons (Fsp3) is 0.474. The molecule has 0 spiro atoms. The summed E-state index contributed by atoms with van der Waals surface area (Å²) < 4.78 is 6.01. The minimum Gasteiger partial charge on any atom is -0.483 e. The van der Waals surface area contributed by atoms with Gasteiger partial charge < -0.3 is 14.7 Å². The Kier molecular flexibility index (Phi) is 4.71. The van der Waals surface area contributed by atoms with Gasteiger partial charge in [0.1, 0.15) is 6.10 Å². The second-order valence-electron chi connectivity index (χ2n) is 6.95. The number of benzene rings is 1. The summed E-state index contributed by atoms with van der Waals surface area (Å²) in [6.07, 6.45) is 3.34. The first-order chi connectivity index (χ1) is 12.5. The van der Waals surface area contributed by atoms with Crippen molar-refractivity contribution >= 4 is 34.9 Å². The van der Waals surface area contributed by atoms with Crippen LogP contribution in [0.4, 0.5) is 0 Å². The van der Waals surface area contributed by atoms with Crippen LogP contribution in [0.2, 0.25) is 10.0 Å². The lowest BCUT2D eigenvalue weighted by atomic mass is 9.77. The van der Waals surface area contributed by atoms with Gasteiger partial charge in [-0.05, 0) is 37.0 Å². The summed E-state index contributed by atoms with van der Waals surface area (Å²) in [5, 5.41) is 10.2. The molecule has 0 saturated heterocycles. The number of aliphatic hydroxyl groups excluding tert-OH is 1. The number of amides is 1. The zero-order valence-electron chi connectivity index (χ0n) is 14.1. The normalized spacial score (nSPS) is 28.1. The van der Waals surface area contributed by atoms with Gasteiger partial charge in [0.15, 0.2) is 11.5 Å². The third-order valence-corrected chi connectivity index (χ3v) is 6.20. The first kappa shape index (κ1) is 17.8. The number of ether oxygens (including phenoxy) is 1. The van der Waals surface area contributed by atoms with Crippen molar-refractivity contribution in [3.05, 3.63) is 45.1 Å². The summed E-state index contributed by atoms with van der Waals surface area (Å²) in [4.78, 5) is 27.6. The molecule has 3 unspecified atom stereocenters. The molecule has 2 aliphatic heterocycles. The Bertz CT molecular complexity index is 807. The third kappa shape index (κ3) is 2.73. The molecule has 0 bridgehead atoms. The van der Waals surface area contributed by atoms with Crippen LogP contribution in [0, 0.1) is 5.92 Å². The van der Waals surface area contributed by atoms with Crippen LogP contribution in [0.1, 0.15) is 37.3 Å². The molecule has 3 atom stereocenters. The molecule has 0 radical (unpaired) electrons. The highest BCUT2D eigenvalue weighted by Gasteiger charge is 2.51. The maximum Gasteiger partial charge on any atom is 0.290 e. The molecule has 1 aliphatic carbocycles. The predicted molar refractivity (Wildman–Crippen MR) is 96.9 cm³/mol. The molecule has 7 heteroatoms. The summed E-state index contributed by atoms with van der Waals surface area (Å²) in [5.41, 5.74) is 1.09. The van der Waals surface area contributed by atoms with Crippen molar-refractivity contribution in [2.24, 2.45) is 5.92 Å². The quantitative estimate of drug-likeness (QED) is 0.852. The zero-order valence-corrected chi connectivity index (χ0v) is 15.6. The van der Waals surface area contributed by atoms with Gasteiger partial charge >= 0.3 is 0 Å². The highest BCUT2D eigenvalue weighted by Crippen LogP contribution is 2.47. The van der Waals surface area contributed by atoms with E-state index in [1.165, 1.54) is 4.90 Å². The number of Topliss-reactive ketones (excluding diaryl/α,β-unsaturated/α-hetero) is 1. The van der Waals surface area contributed by atoms with Crippen LogP contribution in [-0.2, 0) is 14.3 Å². The van der Waals surface area contributed by atoms with Crippen molar-refractivity contribution < 1.29 is 19.4 Å². The second kappa shape index (κ2) is 6.87. The number of rotatable bonds is 3. The summed E-state index contributed by atoms with van der Waals surface area (Å²) in [5.74, 6) is -0.416. The first-order valence-electron chi connectivity index (χ1n) is 8.84. The maximum absolute atomic E-state index is 13.2. The van der Waals surface area contributed by atoms with Crippen molar-refractivity contribution in [2.45, 2.75) is 37.8 Å². The van der Waals surface area contributed by atoms with E-state index in [1.807, 2.05) is 0 Å². The third-order valence-electron chi connectivity index (χ3n) is 5.46. The number of carbonyl (C=O) groups is 2. The molecule has 5 nitrogen and oxygen atoms in total. The van der Waals surface area contributed by atoms with Crippen molar-refractivity contribution in [3.8, 4) is 0 Å². The lowest BCUT2D eigenvalue weighted by Crippen LogP contribution is -2.39. The molecule has 3 aliphatic rings. The Labute approximate surface area is 161 Å². The number of aliphatic hydroxyl groups is 1. The van der Waals surface area contributed by atoms with E-state index < -0.39 is 6.04 Å². The topological polar surface area (TPSA) is 66.8 Å². The summed E-state index contributed by atoms with van der Waals surface area (Å²) in [7, 11) is 0. The summed E-state index contributed by atoms with van der Waals surface area (Å²) >= 11 is 12.2. The Morgan fingerprint density at radius 3 is 2.65 bits per heavy atom. The largest absolute Gasteiger partial charge is 0.483 e. The van der Waals surface area contributed by atoms with Crippen LogP contribution in [0.25, 0.3) is 0 Å². The van der Waals surface area contributed by atoms with E-state index in [2.05, 4.69) is 0 Å². The molecule has 1 fully saturated rings. The van der Waals surface area contributed by atoms with E-state index in [9.17, 15) is 14.7 Å². The number of hydrogen-bond donors (Lipinski definition) is 1. The smallest absolute Gasteiger partial charge is 0.290 e. The lowest BCUT2D eigenvalue weighted by Gasteiger charge is -2.35. The van der Waals surface area contributed by atoms with E-state index in [-0.39, 0.29) is 42.6 Å². The van der Waals surface area contributed by atoms with E-state index in [0.29, 0.717) is 21.2 Å². The number of nitrogens with zero attached hydrogens (tertiary/aromatic N) is 1. The number of ketones is 1. The zero-order chi connectivity index (χ0) is 18.4. The Hall–Kier alpha value is -1.56. The van der Waals surface area contributed by atoms with Crippen LogP contribution < -0.4 is 0 Å². The van der Waals surface area contributed by atoms with Gasteiger partial charge in [0.2, 0.25) is 0 Å².